The molecule has 3 heterocycles. The second-order valence-corrected chi connectivity index (χ2v) is 12.9. The zero-order valence-corrected chi connectivity index (χ0v) is 27.3. The Morgan fingerprint density at radius 3 is 1.88 bits per heavy atom. The molecule has 0 radical (unpaired) electrons. The third-order valence-electron chi connectivity index (χ3n) is 6.24. The van der Waals surface area contributed by atoms with E-state index in [0.717, 1.165) is 34.0 Å². The molecule has 222 valence electrons. The number of nitrogens with one attached hydrogen (secondary N) is 1. The Kier molecular flexibility index (Phi) is 11.6. The molecule has 3 aromatic carbocycles. The van der Waals surface area contributed by atoms with Crippen LogP contribution in [0.15, 0.2) is 121 Å². The molecule has 6 aromatic rings. The molecule has 0 saturated carbocycles. The molecule has 6 rings (SSSR count). The number of hydrogen-bond acceptors (Lipinski definition) is 6. The quantitative estimate of drug-likeness (QED) is 0.155. The lowest BCUT2D eigenvalue weighted by Gasteiger charge is -2.23. The van der Waals surface area contributed by atoms with Crippen LogP contribution in [0.2, 0.25) is 15.1 Å². The first kappa shape index (κ1) is 32.9. The highest BCUT2D eigenvalue weighted by Gasteiger charge is 2.21. The molecule has 0 aliphatic rings. The number of aliphatic hydroxyl groups excluding tert-OH is 1. The number of hydrogen-bond donors (Lipinski definition) is 3. The van der Waals surface area contributed by atoms with E-state index in [-0.39, 0.29) is 16.9 Å². The second kappa shape index (κ2) is 15.1. The summed E-state index contributed by atoms with van der Waals surface area (Å²) in [6.07, 6.45) is -0.543. The lowest BCUT2D eigenvalue weighted by atomic mass is 10.0. The van der Waals surface area contributed by atoms with Crippen LogP contribution in [-0.4, -0.2) is 14.9 Å². The summed E-state index contributed by atoms with van der Waals surface area (Å²) in [6, 6.07) is 25.0. The number of benzene rings is 3. The highest BCUT2D eigenvalue weighted by atomic mass is 35.5. The zero-order chi connectivity index (χ0) is 29.6. The van der Waals surface area contributed by atoms with Crippen molar-refractivity contribution in [2.75, 3.05) is 0 Å². The number of quaternary nitrogens is 1. The third kappa shape index (κ3) is 7.94. The normalized spacial score (nSPS) is 12.1. The molecule has 0 spiro atoms. The first-order valence-corrected chi connectivity index (χ1v) is 16.3. The average Bonchev–Trinajstić information content (AvgIpc) is 3.77. The largest absolute Gasteiger partial charge is 0.858 e. The zero-order valence-electron chi connectivity index (χ0n) is 22.6. The average molecular weight is 691 g/mol. The van der Waals surface area contributed by atoms with Gasteiger partial charge in [-0.25, -0.2) is 0 Å². The first-order valence-electron chi connectivity index (χ1n) is 12.5. The molecule has 0 aliphatic carbocycles. The number of halogens is 3. The monoisotopic (exact) mass is 689 g/mol. The first-order chi connectivity index (χ1) is 20.3. The van der Waals surface area contributed by atoms with Crippen LogP contribution in [0.5, 0.6) is 5.88 Å². The van der Waals surface area contributed by atoms with E-state index < -0.39 is 17.7 Å². The maximum atomic E-state index is 13.1. The summed E-state index contributed by atoms with van der Waals surface area (Å²) >= 11 is 22.1. The van der Waals surface area contributed by atoms with Gasteiger partial charge < -0.3 is 16.4 Å². The minimum Gasteiger partial charge on any atom is -0.858 e. The standard InChI is InChI=1S/C20H14Cl2N2O2S2.C11H9ClOS.H3N/c21-14-7-5-12(6-8-14)17(13-9-10-27-11-13)24-20(26)18(19(25)23-24)28-16-4-2-1-3-15(16)22;12-10-3-1-8(2-4-10)11(13)9-5-6-14-7-9;/h1-11,17,26H,(H,23,25);1-7,11,13H;1H3. The van der Waals surface area contributed by atoms with Gasteiger partial charge in [0.2, 0.25) is 0 Å². The van der Waals surface area contributed by atoms with E-state index in [1.54, 1.807) is 53.8 Å². The van der Waals surface area contributed by atoms with Crippen molar-refractivity contribution in [3.8, 4) is 5.88 Å². The van der Waals surface area contributed by atoms with Crippen molar-refractivity contribution >= 4 is 69.2 Å². The smallest absolute Gasteiger partial charge is 0.277 e. The van der Waals surface area contributed by atoms with E-state index >= 15 is 0 Å². The predicted octanol–water partition coefficient (Wildman–Crippen LogP) is 9.27. The van der Waals surface area contributed by atoms with Crippen molar-refractivity contribution in [3.63, 3.8) is 0 Å². The molecule has 0 amide bonds. The van der Waals surface area contributed by atoms with Gasteiger partial charge in [-0.2, -0.15) is 22.7 Å². The van der Waals surface area contributed by atoms with E-state index in [9.17, 15) is 15.0 Å². The Morgan fingerprint density at radius 2 is 1.33 bits per heavy atom. The van der Waals surface area contributed by atoms with Crippen molar-refractivity contribution in [2.24, 2.45) is 0 Å². The highest BCUT2D eigenvalue weighted by molar-refractivity contribution is 7.99. The summed E-state index contributed by atoms with van der Waals surface area (Å²) in [5.41, 5.74) is 3.11. The minimum absolute atomic E-state index is 0. The number of nitrogens with zero attached hydrogens (tertiary/aromatic N) is 1. The number of aliphatic hydroxyl groups is 1. The molecule has 43 heavy (non-hydrogen) atoms. The molecular formula is C31H26Cl3N3O3S3. The Hall–Kier alpha value is -2.99. The van der Waals surface area contributed by atoms with Gasteiger partial charge in [-0.05, 0) is 92.3 Å². The van der Waals surface area contributed by atoms with Crippen molar-refractivity contribution in [3.05, 3.63) is 154 Å². The predicted molar refractivity (Wildman–Crippen MR) is 179 cm³/mol. The summed E-state index contributed by atoms with van der Waals surface area (Å²) < 4.78 is 1.37. The Balaban J connectivity index is 0.000000238. The van der Waals surface area contributed by atoms with Crippen molar-refractivity contribution in [1.29, 1.82) is 0 Å². The van der Waals surface area contributed by atoms with Crippen molar-refractivity contribution < 1.29 is 10.2 Å². The molecular weight excluding hydrogens is 665 g/mol. The summed E-state index contributed by atoms with van der Waals surface area (Å²) in [5.74, 6) is -0.388. The number of rotatable bonds is 7. The molecule has 0 bridgehead atoms. The number of aromatic amines is 1. The molecule has 2 unspecified atom stereocenters. The molecule has 3 aromatic heterocycles. The van der Waals surface area contributed by atoms with Gasteiger partial charge in [-0.1, -0.05) is 83.0 Å². The Bertz CT molecular complexity index is 1790. The Morgan fingerprint density at radius 1 is 0.767 bits per heavy atom. The topological polar surface area (TPSA) is 118 Å². The highest BCUT2D eigenvalue weighted by Crippen LogP contribution is 2.38. The summed E-state index contributed by atoms with van der Waals surface area (Å²) in [4.78, 5) is 13.3. The van der Waals surface area contributed by atoms with Crippen LogP contribution in [0.1, 0.15) is 34.4 Å². The maximum absolute atomic E-state index is 13.1. The molecule has 0 fully saturated rings. The van der Waals surface area contributed by atoms with E-state index in [2.05, 4.69) is 5.10 Å². The number of thiophene rings is 2. The van der Waals surface area contributed by atoms with Crippen molar-refractivity contribution in [1.82, 2.24) is 15.9 Å². The van der Waals surface area contributed by atoms with Crippen LogP contribution in [-0.2, 0) is 0 Å². The van der Waals surface area contributed by atoms with E-state index in [0.29, 0.717) is 20.0 Å². The van der Waals surface area contributed by atoms with Crippen LogP contribution < -0.4 is 16.8 Å². The lowest BCUT2D eigenvalue weighted by Crippen LogP contribution is -2.17. The van der Waals surface area contributed by atoms with Gasteiger partial charge in [-0.15, -0.1) is 0 Å². The van der Waals surface area contributed by atoms with Gasteiger partial charge in [-0.3, -0.25) is 14.6 Å². The van der Waals surface area contributed by atoms with Gasteiger partial charge in [0, 0.05) is 20.8 Å². The second-order valence-electron chi connectivity index (χ2n) is 9.00. The summed E-state index contributed by atoms with van der Waals surface area (Å²) in [6.45, 7) is 0. The summed E-state index contributed by atoms with van der Waals surface area (Å²) in [5, 5.41) is 35.3. The van der Waals surface area contributed by atoms with Gasteiger partial charge in [0.1, 0.15) is 6.10 Å². The van der Waals surface area contributed by atoms with Crippen LogP contribution in [0, 0.1) is 0 Å². The fourth-order valence-electron chi connectivity index (χ4n) is 4.16. The molecule has 0 aliphatic heterocycles. The fourth-order valence-corrected chi connectivity index (χ4v) is 6.88. The molecule has 2 atom stereocenters. The fraction of sp³-hybridized carbons (Fsp3) is 0.0645. The van der Waals surface area contributed by atoms with Crippen LogP contribution in [0.4, 0.5) is 0 Å². The SMILES string of the molecule is O=c1[nH]n(C(c2ccc(Cl)cc2)c2ccsc2)c([O-])c1Sc1ccccc1Cl.OC(c1ccc(Cl)cc1)c1ccsc1.[NH4+]. The maximum Gasteiger partial charge on any atom is 0.277 e. The van der Waals surface area contributed by atoms with Gasteiger partial charge >= 0.3 is 0 Å². The third-order valence-corrected chi connectivity index (χ3v) is 9.73. The van der Waals surface area contributed by atoms with E-state index in [1.807, 2.05) is 64.0 Å². The van der Waals surface area contributed by atoms with E-state index in [1.165, 1.54) is 16.0 Å². The molecule has 0 saturated heterocycles. The number of aromatic nitrogens is 2. The molecule has 6 N–H and O–H groups in total. The Labute approximate surface area is 275 Å². The van der Waals surface area contributed by atoms with E-state index in [4.69, 9.17) is 34.8 Å². The van der Waals surface area contributed by atoms with Gasteiger partial charge in [0.15, 0.2) is 0 Å². The summed E-state index contributed by atoms with van der Waals surface area (Å²) in [7, 11) is 0. The minimum atomic E-state index is -0.543. The van der Waals surface area contributed by atoms with Crippen LogP contribution in [0.3, 0.4) is 0 Å². The van der Waals surface area contributed by atoms with Crippen LogP contribution in [0.25, 0.3) is 0 Å². The van der Waals surface area contributed by atoms with Crippen molar-refractivity contribution in [2.45, 2.75) is 21.9 Å². The molecule has 12 heteroatoms. The van der Waals surface area contributed by atoms with Gasteiger partial charge in [0.25, 0.3) is 5.56 Å². The van der Waals surface area contributed by atoms with Crippen LogP contribution >= 0.6 is 69.2 Å². The lowest BCUT2D eigenvalue weighted by molar-refractivity contribution is -0.284. The molecule has 6 nitrogen and oxygen atoms in total. The van der Waals surface area contributed by atoms with Gasteiger partial charge in [0.05, 0.1) is 16.0 Å². The number of H-pyrrole nitrogens is 1.